The maximum Gasteiger partial charge on any atom is 0.273 e. The summed E-state index contributed by atoms with van der Waals surface area (Å²) in [5.41, 5.74) is 0.533. The summed E-state index contributed by atoms with van der Waals surface area (Å²) in [7, 11) is -3.92. The standard InChI is InChI=1S/C11H18N6O2S2/c1-5-6-17-9(14-15-10(17)21(12,18)19)7-8(11(2,3)4)13-16-20-7/h5-6H2,1-4H3,(H2,12,18,19). The van der Waals surface area contributed by atoms with Gasteiger partial charge in [-0.25, -0.2) is 13.6 Å². The molecule has 2 aromatic heterocycles. The summed E-state index contributed by atoms with van der Waals surface area (Å²) in [6.07, 6.45) is 0.727. The molecule has 0 aliphatic heterocycles. The SMILES string of the molecule is CCCn1c(-c2snnc2C(C)(C)C)nnc1S(N)(=O)=O. The lowest BCUT2D eigenvalue weighted by atomic mass is 9.91. The molecule has 21 heavy (non-hydrogen) atoms. The van der Waals surface area contributed by atoms with Crippen molar-refractivity contribution >= 4 is 21.6 Å². The van der Waals surface area contributed by atoms with Crippen LogP contribution in [-0.2, 0) is 22.0 Å². The van der Waals surface area contributed by atoms with Crippen LogP contribution in [0.25, 0.3) is 10.7 Å². The van der Waals surface area contributed by atoms with E-state index in [9.17, 15) is 8.42 Å². The predicted octanol–water partition coefficient (Wildman–Crippen LogP) is 1.15. The fraction of sp³-hybridized carbons (Fsp3) is 0.636. The molecule has 0 aromatic carbocycles. The van der Waals surface area contributed by atoms with E-state index in [1.54, 1.807) is 0 Å². The summed E-state index contributed by atoms with van der Waals surface area (Å²) in [6, 6.07) is 0. The van der Waals surface area contributed by atoms with Crippen LogP contribution in [0.2, 0.25) is 0 Å². The molecule has 0 spiro atoms. The summed E-state index contributed by atoms with van der Waals surface area (Å²) in [6.45, 7) is 8.42. The molecular weight excluding hydrogens is 312 g/mol. The molecule has 2 heterocycles. The highest BCUT2D eigenvalue weighted by atomic mass is 32.2. The lowest BCUT2D eigenvalue weighted by Crippen LogP contribution is -2.19. The van der Waals surface area contributed by atoms with E-state index in [4.69, 9.17) is 5.14 Å². The van der Waals surface area contributed by atoms with Crippen LogP contribution in [0.5, 0.6) is 0 Å². The molecule has 0 radical (unpaired) electrons. The summed E-state index contributed by atoms with van der Waals surface area (Å²) >= 11 is 1.17. The molecule has 0 fully saturated rings. The largest absolute Gasteiger partial charge is 0.296 e. The average molecular weight is 330 g/mol. The molecule has 0 saturated carbocycles. The first-order valence-corrected chi connectivity index (χ1v) is 8.77. The van der Waals surface area contributed by atoms with E-state index in [1.165, 1.54) is 16.1 Å². The molecule has 0 bridgehead atoms. The number of aromatic nitrogens is 5. The number of nitrogens with zero attached hydrogens (tertiary/aromatic N) is 5. The van der Waals surface area contributed by atoms with E-state index >= 15 is 0 Å². The lowest BCUT2D eigenvalue weighted by Gasteiger charge is -2.16. The van der Waals surface area contributed by atoms with Gasteiger partial charge in [0.2, 0.25) is 0 Å². The van der Waals surface area contributed by atoms with Gasteiger partial charge in [0, 0.05) is 12.0 Å². The van der Waals surface area contributed by atoms with Gasteiger partial charge in [0.05, 0.1) is 5.69 Å². The number of rotatable bonds is 4. The highest BCUT2D eigenvalue weighted by Crippen LogP contribution is 2.33. The minimum atomic E-state index is -3.92. The average Bonchev–Trinajstić information content (AvgIpc) is 2.91. The number of hydrogen-bond acceptors (Lipinski definition) is 7. The topological polar surface area (TPSA) is 117 Å². The molecule has 2 N–H and O–H groups in total. The molecule has 0 atom stereocenters. The van der Waals surface area contributed by atoms with Crippen LogP contribution in [0.3, 0.4) is 0 Å². The van der Waals surface area contributed by atoms with Gasteiger partial charge in [-0.2, -0.15) is 0 Å². The Kier molecular flexibility index (Phi) is 4.13. The fourth-order valence-electron chi connectivity index (χ4n) is 1.92. The van der Waals surface area contributed by atoms with Gasteiger partial charge in [0.25, 0.3) is 15.2 Å². The molecule has 0 amide bonds. The quantitative estimate of drug-likeness (QED) is 0.898. The lowest BCUT2D eigenvalue weighted by molar-refractivity contribution is 0.556. The third kappa shape index (κ3) is 3.11. The second-order valence-corrected chi connectivity index (χ2v) is 7.91. The molecule has 8 nitrogen and oxygen atoms in total. The Morgan fingerprint density at radius 3 is 2.43 bits per heavy atom. The second kappa shape index (κ2) is 5.43. The third-order valence-electron chi connectivity index (χ3n) is 2.82. The van der Waals surface area contributed by atoms with Crippen LogP contribution in [-0.4, -0.2) is 32.8 Å². The molecule has 0 saturated heterocycles. The van der Waals surface area contributed by atoms with Crippen LogP contribution in [0.1, 0.15) is 39.8 Å². The Labute approximate surface area is 127 Å². The summed E-state index contributed by atoms with van der Waals surface area (Å²) in [5, 5.41) is 16.9. The molecule has 2 rings (SSSR count). The van der Waals surface area contributed by atoms with Crippen molar-refractivity contribution in [3.8, 4) is 10.7 Å². The predicted molar refractivity (Wildman–Crippen MR) is 79.3 cm³/mol. The Hall–Kier alpha value is -1.39. The maximum atomic E-state index is 11.6. The zero-order valence-corrected chi connectivity index (χ0v) is 14.0. The van der Waals surface area contributed by atoms with E-state index in [1.807, 2.05) is 27.7 Å². The Morgan fingerprint density at radius 1 is 1.24 bits per heavy atom. The Morgan fingerprint density at radius 2 is 1.90 bits per heavy atom. The van der Waals surface area contributed by atoms with Gasteiger partial charge in [-0.05, 0) is 18.0 Å². The fourth-order valence-corrected chi connectivity index (χ4v) is 3.43. The van der Waals surface area contributed by atoms with E-state index < -0.39 is 10.0 Å². The van der Waals surface area contributed by atoms with Crippen LogP contribution < -0.4 is 5.14 Å². The van der Waals surface area contributed by atoms with E-state index in [0.29, 0.717) is 12.4 Å². The minimum Gasteiger partial charge on any atom is -0.296 e. The maximum absolute atomic E-state index is 11.6. The van der Waals surface area contributed by atoms with Gasteiger partial charge in [0.15, 0.2) is 5.82 Å². The van der Waals surface area contributed by atoms with Crippen molar-refractivity contribution in [2.24, 2.45) is 5.14 Å². The summed E-state index contributed by atoms with van der Waals surface area (Å²) < 4.78 is 28.7. The highest BCUT2D eigenvalue weighted by Gasteiger charge is 2.29. The smallest absolute Gasteiger partial charge is 0.273 e. The molecular formula is C11H18N6O2S2. The van der Waals surface area contributed by atoms with Gasteiger partial charge in [-0.15, -0.1) is 15.3 Å². The van der Waals surface area contributed by atoms with Gasteiger partial charge in [-0.3, -0.25) is 4.57 Å². The van der Waals surface area contributed by atoms with Crippen molar-refractivity contribution in [2.45, 2.75) is 51.2 Å². The monoisotopic (exact) mass is 330 g/mol. The first-order valence-electron chi connectivity index (χ1n) is 6.45. The van der Waals surface area contributed by atoms with Crippen molar-refractivity contribution < 1.29 is 8.42 Å². The van der Waals surface area contributed by atoms with Gasteiger partial charge in [0.1, 0.15) is 4.88 Å². The van der Waals surface area contributed by atoms with Gasteiger partial charge < -0.3 is 0 Å². The third-order valence-corrected chi connectivity index (χ3v) is 4.35. The van der Waals surface area contributed by atoms with Crippen LogP contribution >= 0.6 is 11.5 Å². The minimum absolute atomic E-state index is 0.229. The first kappa shape index (κ1) is 16.0. The summed E-state index contributed by atoms with van der Waals surface area (Å²) in [5.74, 6) is 0.445. The van der Waals surface area contributed by atoms with Crippen molar-refractivity contribution in [2.75, 3.05) is 0 Å². The van der Waals surface area contributed by atoms with Gasteiger partial charge >= 0.3 is 0 Å². The Bertz CT molecular complexity index is 741. The van der Waals surface area contributed by atoms with Crippen molar-refractivity contribution in [3.63, 3.8) is 0 Å². The number of nitrogens with two attached hydrogens (primary N) is 1. The van der Waals surface area contributed by atoms with Crippen LogP contribution in [0.4, 0.5) is 0 Å². The second-order valence-electron chi connectivity index (χ2n) is 5.70. The number of hydrogen-bond donors (Lipinski definition) is 1. The number of sulfonamides is 1. The van der Waals surface area contributed by atoms with Crippen LogP contribution in [0.15, 0.2) is 5.16 Å². The molecule has 2 aromatic rings. The zero-order chi connectivity index (χ0) is 15.8. The van der Waals surface area contributed by atoms with Crippen molar-refractivity contribution in [1.82, 2.24) is 24.4 Å². The normalized spacial score (nSPS) is 12.8. The summed E-state index contributed by atoms with van der Waals surface area (Å²) in [4.78, 5) is 0.721. The first-order chi connectivity index (χ1) is 9.66. The molecule has 116 valence electrons. The van der Waals surface area contributed by atoms with Gasteiger partial charge in [-0.1, -0.05) is 32.2 Å². The molecule has 10 heteroatoms. The van der Waals surface area contributed by atoms with Crippen molar-refractivity contribution in [3.05, 3.63) is 5.69 Å². The van der Waals surface area contributed by atoms with Crippen LogP contribution in [0, 0.1) is 0 Å². The molecule has 0 unspecified atom stereocenters. The number of primary sulfonamides is 1. The Balaban J connectivity index is 2.66. The highest BCUT2D eigenvalue weighted by molar-refractivity contribution is 7.89. The van der Waals surface area contributed by atoms with E-state index in [0.717, 1.165) is 17.0 Å². The molecule has 0 aliphatic carbocycles. The van der Waals surface area contributed by atoms with Crippen molar-refractivity contribution in [1.29, 1.82) is 0 Å². The van der Waals surface area contributed by atoms with E-state index in [2.05, 4.69) is 19.8 Å². The molecule has 0 aliphatic rings. The zero-order valence-electron chi connectivity index (χ0n) is 12.4. The van der Waals surface area contributed by atoms with E-state index in [-0.39, 0.29) is 10.6 Å².